The third-order valence-electron chi connectivity index (χ3n) is 3.87. The van der Waals surface area contributed by atoms with Gasteiger partial charge in [0.15, 0.2) is 0 Å². The minimum Gasteiger partial charge on any atom is -0.318 e. The van der Waals surface area contributed by atoms with Gasteiger partial charge in [-0.05, 0) is 31.5 Å². The molecule has 1 aliphatic heterocycles. The number of hydrogen-bond donors (Lipinski definition) is 1. The van der Waals surface area contributed by atoms with E-state index in [1.807, 2.05) is 50.2 Å². The van der Waals surface area contributed by atoms with Crippen LogP contribution in [0.1, 0.15) is 22.7 Å². The SMILES string of the molecule is Cc1ccc([C@@H]2[C@H](N)C(=O)N2c2ccc(C)cc2)cc1. The van der Waals surface area contributed by atoms with Crippen LogP contribution in [0.25, 0.3) is 0 Å². The Morgan fingerprint density at radius 3 is 1.95 bits per heavy atom. The van der Waals surface area contributed by atoms with Crippen molar-refractivity contribution in [3.05, 3.63) is 65.2 Å². The highest BCUT2D eigenvalue weighted by Gasteiger charge is 2.46. The molecule has 0 aromatic heterocycles. The topological polar surface area (TPSA) is 46.3 Å². The van der Waals surface area contributed by atoms with Crippen LogP contribution in [0.2, 0.25) is 0 Å². The summed E-state index contributed by atoms with van der Waals surface area (Å²) in [5.74, 6) is -0.0144. The van der Waals surface area contributed by atoms with Crippen LogP contribution in [-0.4, -0.2) is 11.9 Å². The van der Waals surface area contributed by atoms with E-state index in [0.717, 1.165) is 11.3 Å². The Kier molecular flexibility index (Phi) is 3.07. The quantitative estimate of drug-likeness (QED) is 0.849. The minimum absolute atomic E-state index is 0.0144. The van der Waals surface area contributed by atoms with Gasteiger partial charge in [0, 0.05) is 5.69 Å². The van der Waals surface area contributed by atoms with Crippen molar-refractivity contribution >= 4 is 11.6 Å². The summed E-state index contributed by atoms with van der Waals surface area (Å²) in [4.78, 5) is 13.9. The van der Waals surface area contributed by atoms with Crippen LogP contribution in [-0.2, 0) is 4.79 Å². The Hall–Kier alpha value is -2.13. The van der Waals surface area contributed by atoms with Crippen LogP contribution in [0.15, 0.2) is 48.5 Å². The van der Waals surface area contributed by atoms with E-state index in [9.17, 15) is 4.79 Å². The van der Waals surface area contributed by atoms with E-state index in [0.29, 0.717) is 0 Å². The molecule has 0 bridgehead atoms. The monoisotopic (exact) mass is 266 g/mol. The Labute approximate surface area is 119 Å². The largest absolute Gasteiger partial charge is 0.318 e. The molecule has 1 amide bonds. The molecule has 3 rings (SSSR count). The Bertz CT molecular complexity index is 631. The summed E-state index contributed by atoms with van der Waals surface area (Å²) in [5, 5.41) is 0. The number of nitrogens with two attached hydrogens (primary N) is 1. The number of carbonyl (C=O) groups is 1. The predicted octanol–water partition coefficient (Wildman–Crippen LogP) is 2.72. The number of anilines is 1. The molecule has 2 aromatic rings. The normalized spacial score (nSPS) is 21.8. The average Bonchev–Trinajstić information content (AvgIpc) is 2.46. The van der Waals surface area contributed by atoms with E-state index < -0.39 is 6.04 Å². The molecule has 1 heterocycles. The number of benzene rings is 2. The number of nitrogens with zero attached hydrogens (tertiary/aromatic N) is 1. The van der Waals surface area contributed by atoms with Crippen molar-refractivity contribution in [1.29, 1.82) is 0 Å². The first-order chi connectivity index (χ1) is 9.58. The number of β-lactam (4-membered cyclic amide) rings is 1. The molecule has 3 nitrogen and oxygen atoms in total. The first kappa shape index (κ1) is 12.9. The molecule has 0 saturated carbocycles. The maximum atomic E-state index is 12.1. The molecular weight excluding hydrogens is 248 g/mol. The van der Waals surface area contributed by atoms with Crippen LogP contribution >= 0.6 is 0 Å². The fraction of sp³-hybridized carbons (Fsp3) is 0.235. The first-order valence-electron chi connectivity index (χ1n) is 6.80. The van der Waals surface area contributed by atoms with Crippen LogP contribution in [0.4, 0.5) is 5.69 Å². The maximum Gasteiger partial charge on any atom is 0.247 e. The van der Waals surface area contributed by atoms with Gasteiger partial charge in [0.25, 0.3) is 0 Å². The minimum atomic E-state index is -0.445. The number of hydrogen-bond acceptors (Lipinski definition) is 2. The smallest absolute Gasteiger partial charge is 0.247 e. The Balaban J connectivity index is 1.95. The second-order valence-electron chi connectivity index (χ2n) is 5.43. The van der Waals surface area contributed by atoms with Crippen molar-refractivity contribution in [2.45, 2.75) is 25.9 Å². The molecule has 20 heavy (non-hydrogen) atoms. The van der Waals surface area contributed by atoms with Gasteiger partial charge in [-0.3, -0.25) is 4.79 Å². The predicted molar refractivity (Wildman–Crippen MR) is 80.6 cm³/mol. The van der Waals surface area contributed by atoms with Gasteiger partial charge in [0.1, 0.15) is 6.04 Å². The standard InChI is InChI=1S/C17H18N2O/c1-11-3-7-13(8-4-11)16-15(18)17(20)19(16)14-9-5-12(2)6-10-14/h3-10,15-16H,18H2,1-2H3/t15-,16+/m0/s1. The van der Waals surface area contributed by atoms with Crippen molar-refractivity contribution in [2.24, 2.45) is 5.73 Å². The summed E-state index contributed by atoms with van der Waals surface area (Å²) in [5.41, 5.74) is 10.4. The van der Waals surface area contributed by atoms with Gasteiger partial charge >= 0.3 is 0 Å². The number of carbonyl (C=O) groups excluding carboxylic acids is 1. The summed E-state index contributed by atoms with van der Waals surface area (Å²) in [6.45, 7) is 4.08. The van der Waals surface area contributed by atoms with Gasteiger partial charge in [-0.25, -0.2) is 0 Å². The highest BCUT2D eigenvalue weighted by molar-refractivity contribution is 6.05. The van der Waals surface area contributed by atoms with Crippen molar-refractivity contribution in [1.82, 2.24) is 0 Å². The third kappa shape index (κ3) is 2.00. The highest BCUT2D eigenvalue weighted by atomic mass is 16.2. The Morgan fingerprint density at radius 2 is 1.40 bits per heavy atom. The lowest BCUT2D eigenvalue weighted by atomic mass is 9.88. The molecule has 2 aromatic carbocycles. The van der Waals surface area contributed by atoms with Gasteiger partial charge in [-0.15, -0.1) is 0 Å². The van der Waals surface area contributed by atoms with Crippen LogP contribution < -0.4 is 10.6 Å². The van der Waals surface area contributed by atoms with Gasteiger partial charge in [-0.2, -0.15) is 0 Å². The first-order valence-corrected chi connectivity index (χ1v) is 6.80. The van der Waals surface area contributed by atoms with Gasteiger partial charge in [-0.1, -0.05) is 47.5 Å². The molecule has 1 saturated heterocycles. The molecule has 0 radical (unpaired) electrons. The summed E-state index contributed by atoms with van der Waals surface area (Å²) in [6.07, 6.45) is 0. The zero-order valence-electron chi connectivity index (χ0n) is 11.7. The zero-order valence-corrected chi connectivity index (χ0v) is 11.7. The van der Waals surface area contributed by atoms with E-state index in [1.54, 1.807) is 4.90 Å². The molecule has 1 fully saturated rings. The molecule has 0 aliphatic carbocycles. The fourth-order valence-electron chi connectivity index (χ4n) is 2.62. The van der Waals surface area contributed by atoms with E-state index in [2.05, 4.69) is 12.1 Å². The lowest BCUT2D eigenvalue weighted by molar-refractivity contribution is -0.126. The average molecular weight is 266 g/mol. The van der Waals surface area contributed by atoms with E-state index >= 15 is 0 Å². The fourth-order valence-corrected chi connectivity index (χ4v) is 2.62. The van der Waals surface area contributed by atoms with Gasteiger partial charge < -0.3 is 10.6 Å². The van der Waals surface area contributed by atoms with Gasteiger partial charge in [0.05, 0.1) is 6.04 Å². The summed E-state index contributed by atoms with van der Waals surface area (Å²) >= 11 is 0. The van der Waals surface area contributed by atoms with Crippen molar-refractivity contribution < 1.29 is 4.79 Å². The number of rotatable bonds is 2. The van der Waals surface area contributed by atoms with E-state index in [4.69, 9.17) is 5.73 Å². The summed E-state index contributed by atoms with van der Waals surface area (Å²) < 4.78 is 0. The molecule has 0 unspecified atom stereocenters. The highest BCUT2D eigenvalue weighted by Crippen LogP contribution is 2.38. The van der Waals surface area contributed by atoms with E-state index in [1.165, 1.54) is 11.1 Å². The molecule has 3 heteroatoms. The molecular formula is C17H18N2O. The van der Waals surface area contributed by atoms with Crippen LogP contribution in [0, 0.1) is 13.8 Å². The van der Waals surface area contributed by atoms with Crippen molar-refractivity contribution in [3.8, 4) is 0 Å². The van der Waals surface area contributed by atoms with Crippen molar-refractivity contribution in [2.75, 3.05) is 4.90 Å². The molecule has 0 spiro atoms. The lowest BCUT2D eigenvalue weighted by Crippen LogP contribution is -2.63. The molecule has 102 valence electrons. The Morgan fingerprint density at radius 1 is 0.900 bits per heavy atom. The molecule has 1 aliphatic rings. The third-order valence-corrected chi connectivity index (χ3v) is 3.87. The zero-order chi connectivity index (χ0) is 14.3. The van der Waals surface area contributed by atoms with E-state index in [-0.39, 0.29) is 11.9 Å². The lowest BCUT2D eigenvalue weighted by Gasteiger charge is -2.45. The molecule has 2 atom stereocenters. The maximum absolute atomic E-state index is 12.1. The summed E-state index contributed by atoms with van der Waals surface area (Å²) in [7, 11) is 0. The van der Waals surface area contributed by atoms with Crippen molar-refractivity contribution in [3.63, 3.8) is 0 Å². The second kappa shape index (κ2) is 4.76. The van der Waals surface area contributed by atoms with Crippen LogP contribution in [0.3, 0.4) is 0 Å². The number of aryl methyl sites for hydroxylation is 2. The number of amides is 1. The van der Waals surface area contributed by atoms with Crippen LogP contribution in [0.5, 0.6) is 0 Å². The molecule has 2 N–H and O–H groups in total. The van der Waals surface area contributed by atoms with Gasteiger partial charge in [0.2, 0.25) is 5.91 Å². The second-order valence-corrected chi connectivity index (χ2v) is 5.43. The summed E-state index contributed by atoms with van der Waals surface area (Å²) in [6, 6.07) is 15.7.